The van der Waals surface area contributed by atoms with E-state index in [1.807, 2.05) is 6.07 Å². The van der Waals surface area contributed by atoms with Gasteiger partial charge in [-0.25, -0.2) is 4.39 Å². The molecule has 3 aromatic carbocycles. The van der Waals surface area contributed by atoms with Gasteiger partial charge < -0.3 is 15.4 Å². The van der Waals surface area contributed by atoms with Crippen LogP contribution in [0.4, 0.5) is 15.8 Å². The van der Waals surface area contributed by atoms with Crippen LogP contribution in [0.25, 0.3) is 0 Å². The highest BCUT2D eigenvalue weighted by molar-refractivity contribution is 9.10. The van der Waals surface area contributed by atoms with Gasteiger partial charge in [0.15, 0.2) is 0 Å². The fourth-order valence-electron chi connectivity index (χ4n) is 2.81. The summed E-state index contributed by atoms with van der Waals surface area (Å²) in [6.45, 7) is 2.59. The van der Waals surface area contributed by atoms with E-state index in [4.69, 9.17) is 4.74 Å². The number of unbranched alkanes of at least 4 members (excludes halogenated alkanes) is 1. The van der Waals surface area contributed by atoms with Crippen LogP contribution in [0.2, 0.25) is 0 Å². The lowest BCUT2D eigenvalue weighted by molar-refractivity contribution is 0.101. The Morgan fingerprint density at radius 1 is 0.935 bits per heavy atom. The number of anilines is 2. The second-order valence-electron chi connectivity index (χ2n) is 6.84. The number of carbonyl (C=O) groups excluding carboxylic acids is 2. The first kappa shape index (κ1) is 22.5. The normalized spacial score (nSPS) is 10.4. The van der Waals surface area contributed by atoms with Gasteiger partial charge in [-0.3, -0.25) is 9.59 Å². The molecule has 0 saturated heterocycles. The molecule has 5 nitrogen and oxygen atoms in total. The van der Waals surface area contributed by atoms with Gasteiger partial charge in [0.1, 0.15) is 11.6 Å². The molecule has 0 bridgehead atoms. The number of benzene rings is 3. The number of carbonyl (C=O) groups is 2. The molecule has 160 valence electrons. The lowest BCUT2D eigenvalue weighted by atomic mass is 10.1. The minimum absolute atomic E-state index is 0.344. The van der Waals surface area contributed by atoms with Crippen molar-refractivity contribution in [2.24, 2.45) is 0 Å². The Morgan fingerprint density at radius 3 is 2.42 bits per heavy atom. The van der Waals surface area contributed by atoms with Crippen LogP contribution < -0.4 is 15.4 Å². The largest absolute Gasteiger partial charge is 0.493 e. The molecular formula is C24H22BrFN2O3. The van der Waals surface area contributed by atoms with Gasteiger partial charge in [0, 0.05) is 21.4 Å². The van der Waals surface area contributed by atoms with Gasteiger partial charge in [0.2, 0.25) is 0 Å². The van der Waals surface area contributed by atoms with Crippen molar-refractivity contribution >= 4 is 39.1 Å². The second-order valence-corrected chi connectivity index (χ2v) is 7.75. The third-order valence-electron chi connectivity index (χ3n) is 4.43. The number of rotatable bonds is 8. The van der Waals surface area contributed by atoms with E-state index in [-0.39, 0.29) is 17.6 Å². The Balaban J connectivity index is 1.73. The minimum Gasteiger partial charge on any atom is -0.493 e. The third-order valence-corrected chi connectivity index (χ3v) is 4.92. The van der Waals surface area contributed by atoms with Gasteiger partial charge in [0.05, 0.1) is 12.2 Å². The molecule has 2 amide bonds. The molecule has 3 rings (SSSR count). The van der Waals surface area contributed by atoms with E-state index in [0.717, 1.165) is 17.3 Å². The van der Waals surface area contributed by atoms with Gasteiger partial charge in [-0.2, -0.15) is 0 Å². The van der Waals surface area contributed by atoms with E-state index >= 15 is 0 Å². The number of amides is 2. The Bertz CT molecular complexity index is 1070. The van der Waals surface area contributed by atoms with Crippen molar-refractivity contribution < 1.29 is 18.7 Å². The fraction of sp³-hybridized carbons (Fsp3) is 0.167. The van der Waals surface area contributed by atoms with Crippen LogP contribution in [-0.2, 0) is 0 Å². The predicted octanol–water partition coefficient (Wildman–Crippen LogP) is 6.27. The zero-order valence-corrected chi connectivity index (χ0v) is 18.5. The van der Waals surface area contributed by atoms with E-state index < -0.39 is 0 Å². The molecule has 0 fully saturated rings. The van der Waals surface area contributed by atoms with E-state index in [9.17, 15) is 14.0 Å². The monoisotopic (exact) mass is 484 g/mol. The first-order chi connectivity index (χ1) is 15.0. The summed E-state index contributed by atoms with van der Waals surface area (Å²) in [4.78, 5) is 25.4. The van der Waals surface area contributed by atoms with Crippen molar-refractivity contribution in [2.75, 3.05) is 17.2 Å². The molecule has 0 aliphatic rings. The van der Waals surface area contributed by atoms with E-state index in [1.165, 1.54) is 24.3 Å². The third kappa shape index (κ3) is 6.39. The highest BCUT2D eigenvalue weighted by atomic mass is 79.9. The van der Waals surface area contributed by atoms with Crippen molar-refractivity contribution in [3.05, 3.63) is 88.1 Å². The molecule has 2 N–H and O–H groups in total. The predicted molar refractivity (Wildman–Crippen MR) is 123 cm³/mol. The van der Waals surface area contributed by atoms with Crippen molar-refractivity contribution in [1.29, 1.82) is 0 Å². The highest BCUT2D eigenvalue weighted by Gasteiger charge is 2.15. The smallest absolute Gasteiger partial charge is 0.259 e. The van der Waals surface area contributed by atoms with Gasteiger partial charge >= 0.3 is 0 Å². The Kier molecular flexibility index (Phi) is 7.78. The topological polar surface area (TPSA) is 67.4 Å². The summed E-state index contributed by atoms with van der Waals surface area (Å²) >= 11 is 3.39. The summed E-state index contributed by atoms with van der Waals surface area (Å²) in [5.74, 6) is -0.592. The van der Waals surface area contributed by atoms with Crippen LogP contribution in [0.3, 0.4) is 0 Å². The number of halogens is 2. The summed E-state index contributed by atoms with van der Waals surface area (Å²) in [5, 5.41) is 5.51. The van der Waals surface area contributed by atoms with E-state index in [1.54, 1.807) is 36.4 Å². The highest BCUT2D eigenvalue weighted by Crippen LogP contribution is 2.25. The number of hydrogen-bond donors (Lipinski definition) is 2. The van der Waals surface area contributed by atoms with Gasteiger partial charge in [-0.05, 0) is 67.1 Å². The lowest BCUT2D eigenvalue weighted by Crippen LogP contribution is -2.16. The Morgan fingerprint density at radius 2 is 1.68 bits per heavy atom. The standard InChI is InChI=1S/C24H22BrFN2O3/c1-2-3-13-31-22-12-7-17(25)15-21(22)24(30)28-20-6-4-5-16(14-20)23(29)27-19-10-8-18(26)9-11-19/h4-12,14-15H,2-3,13H2,1H3,(H,27,29)(H,28,30). The molecular weight excluding hydrogens is 463 g/mol. The summed E-state index contributed by atoms with van der Waals surface area (Å²) in [6, 6.07) is 17.3. The van der Waals surface area contributed by atoms with E-state index in [0.29, 0.717) is 34.9 Å². The van der Waals surface area contributed by atoms with Gasteiger partial charge in [-0.15, -0.1) is 0 Å². The second kappa shape index (κ2) is 10.7. The number of ether oxygens (including phenoxy) is 1. The average molecular weight is 485 g/mol. The van der Waals surface area contributed by atoms with Crippen LogP contribution in [0.5, 0.6) is 5.75 Å². The zero-order chi connectivity index (χ0) is 22.2. The fourth-order valence-corrected chi connectivity index (χ4v) is 3.17. The van der Waals surface area contributed by atoms with E-state index in [2.05, 4.69) is 33.5 Å². The summed E-state index contributed by atoms with van der Waals surface area (Å²) in [6.07, 6.45) is 1.88. The molecule has 31 heavy (non-hydrogen) atoms. The van der Waals surface area contributed by atoms with Crippen LogP contribution in [0.1, 0.15) is 40.5 Å². The summed E-state index contributed by atoms with van der Waals surface area (Å²) < 4.78 is 19.5. The maximum Gasteiger partial charge on any atom is 0.259 e. The molecule has 0 aromatic heterocycles. The first-order valence-electron chi connectivity index (χ1n) is 9.87. The molecule has 0 unspecified atom stereocenters. The van der Waals surface area contributed by atoms with Crippen LogP contribution in [0.15, 0.2) is 71.2 Å². The van der Waals surface area contributed by atoms with Gasteiger partial charge in [-0.1, -0.05) is 35.3 Å². The molecule has 0 heterocycles. The average Bonchev–Trinajstić information content (AvgIpc) is 2.76. The molecule has 0 saturated carbocycles. The quantitative estimate of drug-likeness (QED) is 0.370. The first-order valence-corrected chi connectivity index (χ1v) is 10.7. The number of nitrogens with one attached hydrogen (secondary N) is 2. The van der Waals surface area contributed by atoms with Crippen molar-refractivity contribution in [3.8, 4) is 5.75 Å². The molecule has 0 aliphatic carbocycles. The molecule has 0 aliphatic heterocycles. The zero-order valence-electron chi connectivity index (χ0n) is 17.0. The molecule has 3 aromatic rings. The van der Waals surface area contributed by atoms with Crippen LogP contribution >= 0.6 is 15.9 Å². The van der Waals surface area contributed by atoms with Crippen LogP contribution in [0, 0.1) is 5.82 Å². The minimum atomic E-state index is -0.381. The molecule has 0 spiro atoms. The Labute approximate surface area is 188 Å². The maximum absolute atomic E-state index is 13.0. The SMILES string of the molecule is CCCCOc1ccc(Br)cc1C(=O)Nc1cccc(C(=O)Nc2ccc(F)cc2)c1. The maximum atomic E-state index is 13.0. The summed E-state index contributed by atoms with van der Waals surface area (Å²) in [7, 11) is 0. The number of hydrogen-bond acceptors (Lipinski definition) is 3. The van der Waals surface area contributed by atoms with Crippen molar-refractivity contribution in [1.82, 2.24) is 0 Å². The van der Waals surface area contributed by atoms with Crippen molar-refractivity contribution in [2.45, 2.75) is 19.8 Å². The van der Waals surface area contributed by atoms with Crippen LogP contribution in [-0.4, -0.2) is 18.4 Å². The summed E-state index contributed by atoms with van der Waals surface area (Å²) in [5.41, 5.74) is 1.70. The molecule has 0 radical (unpaired) electrons. The molecule has 0 atom stereocenters. The molecule has 7 heteroatoms. The lowest BCUT2D eigenvalue weighted by Gasteiger charge is -2.13. The Hall–Kier alpha value is -3.19. The van der Waals surface area contributed by atoms with Crippen molar-refractivity contribution in [3.63, 3.8) is 0 Å². The van der Waals surface area contributed by atoms with Gasteiger partial charge in [0.25, 0.3) is 11.8 Å².